The summed E-state index contributed by atoms with van der Waals surface area (Å²) in [6.07, 6.45) is 0. The summed E-state index contributed by atoms with van der Waals surface area (Å²) in [7, 11) is 0. The lowest BCUT2D eigenvalue weighted by Gasteiger charge is -2.22. The first-order valence-electron chi connectivity index (χ1n) is 5.58. The Morgan fingerprint density at radius 2 is 1.88 bits per heavy atom. The molecule has 0 aliphatic carbocycles. The van der Waals surface area contributed by atoms with Crippen molar-refractivity contribution in [3.05, 3.63) is 23.8 Å². The van der Waals surface area contributed by atoms with E-state index < -0.39 is 6.04 Å². The second kappa shape index (κ2) is 7.37. The molecular weight excluding hydrogens is 240 g/mol. The molecule has 0 radical (unpaired) electrons. The van der Waals surface area contributed by atoms with Gasteiger partial charge in [-0.15, -0.1) is 12.4 Å². The van der Waals surface area contributed by atoms with E-state index >= 15 is 0 Å². The second-order valence-electron chi connectivity index (χ2n) is 3.70. The summed E-state index contributed by atoms with van der Waals surface area (Å²) < 4.78 is 0. The van der Waals surface area contributed by atoms with Crippen molar-refractivity contribution in [3.63, 3.8) is 0 Å². The summed E-state index contributed by atoms with van der Waals surface area (Å²) >= 11 is 0. The zero-order chi connectivity index (χ0) is 12.1. The fourth-order valence-corrected chi connectivity index (χ4v) is 1.73. The summed E-state index contributed by atoms with van der Waals surface area (Å²) in [4.78, 5) is 2.13. The predicted molar refractivity (Wildman–Crippen MR) is 72.9 cm³/mol. The number of aromatic hydroxyl groups is 1. The maximum Gasteiger partial charge on any atom is 0.122 e. The number of rotatable bonds is 5. The average Bonchev–Trinajstić information content (AvgIpc) is 2.30. The molecule has 0 aliphatic rings. The minimum Gasteiger partial charge on any atom is -0.508 e. The van der Waals surface area contributed by atoms with E-state index in [1.54, 1.807) is 12.1 Å². The van der Waals surface area contributed by atoms with Crippen LogP contribution in [0.4, 0.5) is 5.69 Å². The van der Waals surface area contributed by atoms with Gasteiger partial charge in [0.05, 0.1) is 12.6 Å². The van der Waals surface area contributed by atoms with Gasteiger partial charge in [-0.3, -0.25) is 0 Å². The highest BCUT2D eigenvalue weighted by Crippen LogP contribution is 2.27. The van der Waals surface area contributed by atoms with Crippen molar-refractivity contribution in [1.29, 1.82) is 0 Å². The first-order valence-corrected chi connectivity index (χ1v) is 5.58. The molecule has 0 unspecified atom stereocenters. The fourth-order valence-electron chi connectivity index (χ4n) is 1.73. The molecule has 1 rings (SSSR count). The zero-order valence-electron chi connectivity index (χ0n) is 10.3. The average molecular weight is 261 g/mol. The van der Waals surface area contributed by atoms with E-state index in [1.807, 2.05) is 6.07 Å². The first-order chi connectivity index (χ1) is 7.63. The number of aliphatic hydroxyl groups is 1. The van der Waals surface area contributed by atoms with Gasteiger partial charge in [0.1, 0.15) is 5.75 Å². The Kier molecular flexibility index (Phi) is 6.95. The molecule has 0 saturated carbocycles. The molecule has 0 aromatic heterocycles. The second-order valence-corrected chi connectivity index (χ2v) is 3.70. The number of halogens is 1. The molecular formula is C12H21ClN2O2. The highest BCUT2D eigenvalue weighted by molar-refractivity contribution is 5.85. The Morgan fingerprint density at radius 3 is 2.29 bits per heavy atom. The fraction of sp³-hybridized carbons (Fsp3) is 0.500. The van der Waals surface area contributed by atoms with E-state index in [0.717, 1.165) is 18.8 Å². The van der Waals surface area contributed by atoms with Crippen LogP contribution < -0.4 is 10.6 Å². The van der Waals surface area contributed by atoms with Gasteiger partial charge < -0.3 is 20.8 Å². The minimum absolute atomic E-state index is 0. The molecule has 0 saturated heterocycles. The number of hydrogen-bond acceptors (Lipinski definition) is 4. The van der Waals surface area contributed by atoms with Crippen LogP contribution in [0.25, 0.3) is 0 Å². The maximum atomic E-state index is 9.82. The minimum atomic E-state index is -0.522. The van der Waals surface area contributed by atoms with Crippen LogP contribution in [0.5, 0.6) is 5.75 Å². The van der Waals surface area contributed by atoms with Gasteiger partial charge in [-0.25, -0.2) is 0 Å². The molecule has 0 spiro atoms. The third-order valence-corrected chi connectivity index (χ3v) is 2.74. The van der Waals surface area contributed by atoms with Crippen molar-refractivity contribution >= 4 is 18.1 Å². The predicted octanol–water partition coefficient (Wildman–Crippen LogP) is 1.65. The van der Waals surface area contributed by atoms with Crippen molar-refractivity contribution in [2.24, 2.45) is 5.73 Å². The Hall–Kier alpha value is -0.970. The van der Waals surface area contributed by atoms with Crippen LogP contribution in [0, 0.1) is 0 Å². The molecule has 0 heterocycles. The SMILES string of the molecule is CCN(CC)c1ccc([C@H](N)CO)c(O)c1.Cl. The normalized spacial score (nSPS) is 11.8. The number of phenols is 1. The Labute approximate surface area is 108 Å². The number of benzene rings is 1. The van der Waals surface area contributed by atoms with Crippen molar-refractivity contribution in [2.75, 3.05) is 24.6 Å². The lowest BCUT2D eigenvalue weighted by atomic mass is 10.1. The van der Waals surface area contributed by atoms with E-state index in [1.165, 1.54) is 0 Å². The molecule has 1 atom stereocenters. The van der Waals surface area contributed by atoms with Crippen LogP contribution in [-0.2, 0) is 0 Å². The number of anilines is 1. The maximum absolute atomic E-state index is 9.82. The van der Waals surface area contributed by atoms with E-state index in [9.17, 15) is 5.11 Å². The quantitative estimate of drug-likeness (QED) is 0.753. The van der Waals surface area contributed by atoms with Gasteiger partial charge in [-0.05, 0) is 19.9 Å². The van der Waals surface area contributed by atoms with Crippen LogP contribution in [-0.4, -0.2) is 29.9 Å². The number of nitrogens with zero attached hydrogens (tertiary/aromatic N) is 1. The van der Waals surface area contributed by atoms with Crippen LogP contribution in [0.3, 0.4) is 0 Å². The lowest BCUT2D eigenvalue weighted by molar-refractivity contribution is 0.265. The number of hydrogen-bond donors (Lipinski definition) is 3. The summed E-state index contributed by atoms with van der Waals surface area (Å²) in [5, 5.41) is 18.8. The summed E-state index contributed by atoms with van der Waals surface area (Å²) in [6, 6.07) is 4.85. The number of phenolic OH excluding ortho intramolecular Hbond substituents is 1. The van der Waals surface area contributed by atoms with Crippen molar-refractivity contribution < 1.29 is 10.2 Å². The van der Waals surface area contributed by atoms with Gasteiger partial charge in [-0.1, -0.05) is 6.07 Å². The molecule has 0 bridgehead atoms. The highest BCUT2D eigenvalue weighted by atomic mass is 35.5. The van der Waals surface area contributed by atoms with Gasteiger partial charge in [0.15, 0.2) is 0 Å². The summed E-state index contributed by atoms with van der Waals surface area (Å²) in [5.74, 6) is 0.144. The molecule has 1 aromatic rings. The molecule has 1 aromatic carbocycles. The standard InChI is InChI=1S/C12H20N2O2.ClH/c1-3-14(4-2)9-5-6-10(11(13)8-15)12(16)7-9;/h5-7,11,15-16H,3-4,8,13H2,1-2H3;1H/t11-;/m1./s1. The first kappa shape index (κ1) is 16.0. The Balaban J connectivity index is 0.00000256. The lowest BCUT2D eigenvalue weighted by Crippen LogP contribution is -2.22. The van der Waals surface area contributed by atoms with E-state index in [0.29, 0.717) is 5.56 Å². The van der Waals surface area contributed by atoms with Crippen LogP contribution in [0.1, 0.15) is 25.5 Å². The van der Waals surface area contributed by atoms with Crippen molar-refractivity contribution in [2.45, 2.75) is 19.9 Å². The molecule has 0 fully saturated rings. The van der Waals surface area contributed by atoms with Crippen LogP contribution in [0.15, 0.2) is 18.2 Å². The topological polar surface area (TPSA) is 69.7 Å². The number of aliphatic hydroxyl groups excluding tert-OH is 1. The zero-order valence-corrected chi connectivity index (χ0v) is 11.1. The largest absolute Gasteiger partial charge is 0.508 e. The third kappa shape index (κ3) is 3.77. The molecule has 98 valence electrons. The molecule has 5 heteroatoms. The Morgan fingerprint density at radius 1 is 1.29 bits per heavy atom. The smallest absolute Gasteiger partial charge is 0.122 e. The summed E-state index contributed by atoms with van der Waals surface area (Å²) in [6.45, 7) is 5.74. The van der Waals surface area contributed by atoms with Gasteiger partial charge in [0, 0.05) is 30.4 Å². The number of nitrogens with two attached hydrogens (primary N) is 1. The highest BCUT2D eigenvalue weighted by Gasteiger charge is 2.11. The molecule has 17 heavy (non-hydrogen) atoms. The van der Waals surface area contributed by atoms with Crippen LogP contribution >= 0.6 is 12.4 Å². The Bertz CT molecular complexity index is 343. The molecule has 0 aliphatic heterocycles. The van der Waals surface area contributed by atoms with Gasteiger partial charge in [-0.2, -0.15) is 0 Å². The van der Waals surface area contributed by atoms with Crippen molar-refractivity contribution in [1.82, 2.24) is 0 Å². The van der Waals surface area contributed by atoms with Gasteiger partial charge >= 0.3 is 0 Å². The van der Waals surface area contributed by atoms with E-state index in [4.69, 9.17) is 10.8 Å². The van der Waals surface area contributed by atoms with Gasteiger partial charge in [0.2, 0.25) is 0 Å². The van der Waals surface area contributed by atoms with E-state index in [-0.39, 0.29) is 24.8 Å². The third-order valence-electron chi connectivity index (χ3n) is 2.74. The molecule has 4 nitrogen and oxygen atoms in total. The monoisotopic (exact) mass is 260 g/mol. The van der Waals surface area contributed by atoms with Crippen molar-refractivity contribution in [3.8, 4) is 5.75 Å². The van der Waals surface area contributed by atoms with Gasteiger partial charge in [0.25, 0.3) is 0 Å². The van der Waals surface area contributed by atoms with Crippen LogP contribution in [0.2, 0.25) is 0 Å². The molecule has 4 N–H and O–H groups in total. The summed E-state index contributed by atoms with van der Waals surface area (Å²) in [5.41, 5.74) is 7.21. The van der Waals surface area contributed by atoms with E-state index in [2.05, 4.69) is 18.7 Å². The molecule has 0 amide bonds.